The second-order valence-electron chi connectivity index (χ2n) is 1.51. The van der Waals surface area contributed by atoms with Crippen molar-refractivity contribution in [1.82, 2.24) is 5.06 Å². The van der Waals surface area contributed by atoms with E-state index < -0.39 is 0 Å². The topological polar surface area (TPSA) is 29.3 Å². The molecule has 3 nitrogen and oxygen atoms in total. The molecule has 48 valence electrons. The molecule has 1 rings (SSSR count). The molecule has 0 aromatic carbocycles. The highest BCUT2D eigenvalue weighted by atomic mass is 16.7. The van der Waals surface area contributed by atoms with Crippen LogP contribution in [-0.4, -0.2) is 24.1 Å². The third-order valence-electron chi connectivity index (χ3n) is 0.664. The fourth-order valence-electron chi connectivity index (χ4n) is 0.314. The van der Waals surface area contributed by atoms with Gasteiger partial charge in [0, 0.05) is 6.92 Å². The lowest BCUT2D eigenvalue weighted by atomic mass is 10.8. The normalized spacial score (nSPS) is 16.6. The summed E-state index contributed by atoms with van der Waals surface area (Å²) in [6, 6.07) is 0. The van der Waals surface area contributed by atoms with E-state index >= 15 is 0 Å². The maximum atomic E-state index is 10.0. The Morgan fingerprint density at radius 3 is 2.25 bits per heavy atom. The van der Waals surface area contributed by atoms with E-state index in [1.54, 1.807) is 5.06 Å². The van der Waals surface area contributed by atoms with E-state index in [1.165, 1.54) is 6.92 Å². The van der Waals surface area contributed by atoms with Gasteiger partial charge in [-0.3, -0.25) is 4.79 Å². The van der Waals surface area contributed by atoms with Crippen LogP contribution < -0.4 is 0 Å². The number of nitrogens with zero attached hydrogens (tertiary/aromatic N) is 1. The summed E-state index contributed by atoms with van der Waals surface area (Å²) in [5.41, 5.74) is 0. The van der Waals surface area contributed by atoms with Crippen molar-refractivity contribution in [3.63, 3.8) is 0 Å². The molecule has 1 aliphatic heterocycles. The van der Waals surface area contributed by atoms with Gasteiger partial charge in [-0.2, -0.15) is 0 Å². The summed E-state index contributed by atoms with van der Waals surface area (Å²) in [4.78, 5) is 14.6. The van der Waals surface area contributed by atoms with Crippen LogP contribution in [0.1, 0.15) is 14.4 Å². The first-order chi connectivity index (χ1) is 3.29. The van der Waals surface area contributed by atoms with E-state index in [1.807, 2.05) is 0 Å². The maximum absolute atomic E-state index is 10.0. The monoisotopic (exact) mass is 117 g/mol. The minimum atomic E-state index is -0.225. The van der Waals surface area contributed by atoms with E-state index in [0.29, 0.717) is 0 Å². The van der Waals surface area contributed by atoms with Gasteiger partial charge in [-0.1, -0.05) is 7.43 Å². The molecule has 0 aromatic heterocycles. The Kier molecular flexibility index (Phi) is 2.48. The second kappa shape index (κ2) is 2.67. The van der Waals surface area contributed by atoms with Gasteiger partial charge >= 0.3 is 5.97 Å². The number of carbonyl (C=O) groups is 1. The van der Waals surface area contributed by atoms with Crippen molar-refractivity contribution >= 4 is 5.97 Å². The number of hydroxylamine groups is 2. The Morgan fingerprint density at radius 1 is 1.62 bits per heavy atom. The van der Waals surface area contributed by atoms with Crippen LogP contribution in [0.15, 0.2) is 0 Å². The van der Waals surface area contributed by atoms with E-state index in [-0.39, 0.29) is 13.4 Å². The highest BCUT2D eigenvalue weighted by Crippen LogP contribution is 2.02. The number of carbonyl (C=O) groups excluding carboxylic acids is 1. The van der Waals surface area contributed by atoms with Crippen LogP contribution in [0.3, 0.4) is 0 Å². The summed E-state index contributed by atoms with van der Waals surface area (Å²) >= 11 is 0. The van der Waals surface area contributed by atoms with Gasteiger partial charge in [0.25, 0.3) is 0 Å². The highest BCUT2D eigenvalue weighted by molar-refractivity contribution is 5.65. The predicted octanol–water partition coefficient (Wildman–Crippen LogP) is 0.416. The van der Waals surface area contributed by atoms with Gasteiger partial charge in [-0.15, -0.1) is 5.06 Å². The molecule has 0 N–H and O–H groups in total. The third-order valence-corrected chi connectivity index (χ3v) is 0.664. The van der Waals surface area contributed by atoms with Crippen molar-refractivity contribution in [2.75, 3.05) is 13.1 Å². The van der Waals surface area contributed by atoms with Crippen LogP contribution in [0, 0.1) is 0 Å². The molecule has 0 saturated carbocycles. The molecule has 1 fully saturated rings. The Balaban J connectivity index is 0.000000490. The van der Waals surface area contributed by atoms with Crippen LogP contribution in [-0.2, 0) is 9.63 Å². The molecule has 0 spiro atoms. The highest BCUT2D eigenvalue weighted by Gasteiger charge is 2.19. The number of hydrogen-bond donors (Lipinski definition) is 0. The van der Waals surface area contributed by atoms with Gasteiger partial charge in [-0.05, 0) is 0 Å². The summed E-state index contributed by atoms with van der Waals surface area (Å²) < 4.78 is 0. The zero-order valence-electron chi connectivity index (χ0n) is 4.18. The molecule has 0 bridgehead atoms. The van der Waals surface area contributed by atoms with Gasteiger partial charge in [0.2, 0.25) is 0 Å². The standard InChI is InChI=1S/C4H7NO2.CH4/c1-4(6)7-5-2-3-5;/h2-3H2,1H3;1H4. The van der Waals surface area contributed by atoms with Gasteiger partial charge < -0.3 is 4.84 Å². The largest absolute Gasteiger partial charge is 0.368 e. The quantitative estimate of drug-likeness (QED) is 0.466. The fraction of sp³-hybridized carbons (Fsp3) is 0.800. The number of rotatable bonds is 1. The molecule has 0 aromatic rings. The first-order valence-corrected chi connectivity index (χ1v) is 2.22. The lowest BCUT2D eigenvalue weighted by Crippen LogP contribution is -2.03. The summed E-state index contributed by atoms with van der Waals surface area (Å²) in [5.74, 6) is -0.225. The summed E-state index contributed by atoms with van der Waals surface area (Å²) in [6.07, 6.45) is 0. The minimum Gasteiger partial charge on any atom is -0.368 e. The van der Waals surface area contributed by atoms with Crippen LogP contribution >= 0.6 is 0 Å². The molecule has 0 unspecified atom stereocenters. The van der Waals surface area contributed by atoms with E-state index in [9.17, 15) is 4.79 Å². The third kappa shape index (κ3) is 2.58. The molecular formula is C5H11NO2. The Labute approximate surface area is 49.2 Å². The summed E-state index contributed by atoms with van der Waals surface area (Å²) in [7, 11) is 0. The van der Waals surface area contributed by atoms with Crippen LogP contribution in [0.4, 0.5) is 0 Å². The smallest absolute Gasteiger partial charge is 0.322 e. The van der Waals surface area contributed by atoms with E-state index in [4.69, 9.17) is 0 Å². The van der Waals surface area contributed by atoms with Gasteiger partial charge in [0.05, 0.1) is 13.1 Å². The Hall–Kier alpha value is -0.570. The van der Waals surface area contributed by atoms with Crippen LogP contribution in [0.5, 0.6) is 0 Å². The molecule has 1 saturated heterocycles. The zero-order valence-corrected chi connectivity index (χ0v) is 4.18. The number of hydrogen-bond acceptors (Lipinski definition) is 3. The van der Waals surface area contributed by atoms with Crippen molar-refractivity contribution in [3.8, 4) is 0 Å². The van der Waals surface area contributed by atoms with Crippen LogP contribution in [0.25, 0.3) is 0 Å². The molecule has 3 heteroatoms. The maximum Gasteiger partial charge on any atom is 0.322 e. The molecule has 0 atom stereocenters. The van der Waals surface area contributed by atoms with E-state index in [0.717, 1.165) is 13.1 Å². The summed E-state index contributed by atoms with van der Waals surface area (Å²) in [6.45, 7) is 3.21. The molecule has 0 amide bonds. The first kappa shape index (κ1) is 7.43. The average molecular weight is 117 g/mol. The second-order valence-corrected chi connectivity index (χ2v) is 1.51. The first-order valence-electron chi connectivity index (χ1n) is 2.22. The minimum absolute atomic E-state index is 0. The molecule has 0 aliphatic carbocycles. The SMILES string of the molecule is C.CC(=O)ON1CC1. The molecular weight excluding hydrogens is 106 g/mol. The van der Waals surface area contributed by atoms with Crippen molar-refractivity contribution in [3.05, 3.63) is 0 Å². The van der Waals surface area contributed by atoms with Gasteiger partial charge in [-0.25, -0.2) is 0 Å². The molecule has 1 heterocycles. The molecule has 8 heavy (non-hydrogen) atoms. The predicted molar refractivity (Wildman–Crippen MR) is 30.1 cm³/mol. The van der Waals surface area contributed by atoms with Crippen LogP contribution in [0.2, 0.25) is 0 Å². The van der Waals surface area contributed by atoms with Gasteiger partial charge in [0.1, 0.15) is 0 Å². The Bertz CT molecular complexity index is 88.4. The van der Waals surface area contributed by atoms with Crippen molar-refractivity contribution in [1.29, 1.82) is 0 Å². The molecule has 0 radical (unpaired) electrons. The van der Waals surface area contributed by atoms with Gasteiger partial charge in [0.15, 0.2) is 0 Å². The Morgan fingerprint density at radius 2 is 2.12 bits per heavy atom. The van der Waals surface area contributed by atoms with Crippen molar-refractivity contribution in [2.45, 2.75) is 14.4 Å². The lowest BCUT2D eigenvalue weighted by molar-refractivity contribution is -0.162. The van der Waals surface area contributed by atoms with Crippen molar-refractivity contribution < 1.29 is 9.63 Å². The fourth-order valence-corrected chi connectivity index (χ4v) is 0.314. The summed E-state index contributed by atoms with van der Waals surface area (Å²) in [5, 5.41) is 1.60. The average Bonchev–Trinajstić information content (AvgIpc) is 2.17. The zero-order chi connectivity index (χ0) is 5.28. The van der Waals surface area contributed by atoms with E-state index in [2.05, 4.69) is 4.84 Å². The molecule has 1 aliphatic rings. The van der Waals surface area contributed by atoms with Crippen molar-refractivity contribution in [2.24, 2.45) is 0 Å². The lowest BCUT2D eigenvalue weighted by Gasteiger charge is -1.94.